The van der Waals surface area contributed by atoms with Crippen LogP contribution >= 0.6 is 0 Å². The van der Waals surface area contributed by atoms with E-state index in [2.05, 4.69) is 15.3 Å². The quantitative estimate of drug-likeness (QED) is 0.241. The summed E-state index contributed by atoms with van der Waals surface area (Å²) in [5.74, 6) is -2.07. The van der Waals surface area contributed by atoms with Crippen molar-refractivity contribution in [3.63, 3.8) is 0 Å². The van der Waals surface area contributed by atoms with Gasteiger partial charge >= 0.3 is 18.4 Å². The van der Waals surface area contributed by atoms with Crippen molar-refractivity contribution < 1.29 is 36.0 Å². The van der Waals surface area contributed by atoms with Gasteiger partial charge in [0.25, 0.3) is 11.5 Å². The lowest BCUT2D eigenvalue weighted by molar-refractivity contribution is -0.384. The lowest BCUT2D eigenvalue weighted by atomic mass is 10.2. The summed E-state index contributed by atoms with van der Waals surface area (Å²) in [6, 6.07) is 7.36. The first-order valence-electron chi connectivity index (χ1n) is 8.11. The molecule has 2 aromatic carbocycles. The first-order valence-corrected chi connectivity index (χ1v) is 8.11. The van der Waals surface area contributed by atoms with Crippen molar-refractivity contribution in [2.24, 2.45) is 5.10 Å². The highest BCUT2D eigenvalue weighted by Crippen LogP contribution is 2.34. The predicted octanol–water partition coefficient (Wildman–Crippen LogP) is 4.90. The van der Waals surface area contributed by atoms with Gasteiger partial charge < -0.3 is 4.74 Å². The zero-order valence-electron chi connectivity index (χ0n) is 14.9. The molecule has 0 amide bonds. The number of alkyl halides is 6. The van der Waals surface area contributed by atoms with Gasteiger partial charge in [-0.2, -0.15) is 36.1 Å². The van der Waals surface area contributed by atoms with Crippen LogP contribution in [-0.2, 0) is 12.4 Å². The molecule has 0 aliphatic rings. The van der Waals surface area contributed by atoms with Gasteiger partial charge in [0, 0.05) is 17.7 Å². The second-order valence-electron chi connectivity index (χ2n) is 5.84. The second kappa shape index (κ2) is 8.04. The third-order valence-corrected chi connectivity index (χ3v) is 3.64. The summed E-state index contributed by atoms with van der Waals surface area (Å²) in [5.41, 5.74) is -1.35. The number of hydrogen-bond acceptors (Lipinski definition) is 6. The molecule has 31 heavy (non-hydrogen) atoms. The summed E-state index contributed by atoms with van der Waals surface area (Å²) < 4.78 is 83.3. The average molecular weight is 445 g/mol. The molecule has 14 heteroatoms. The zero-order chi connectivity index (χ0) is 22.8. The van der Waals surface area contributed by atoms with Crippen LogP contribution in [0.4, 0.5) is 32.0 Å². The molecule has 0 N–H and O–H groups in total. The van der Waals surface area contributed by atoms with Gasteiger partial charge in [-0.15, -0.1) is 5.10 Å². The van der Waals surface area contributed by atoms with E-state index in [0.29, 0.717) is 6.07 Å². The summed E-state index contributed by atoms with van der Waals surface area (Å²) in [4.78, 5) is 10.1. The van der Waals surface area contributed by atoms with Crippen LogP contribution in [0.3, 0.4) is 0 Å². The van der Waals surface area contributed by atoms with Gasteiger partial charge in [-0.1, -0.05) is 23.3 Å². The van der Waals surface area contributed by atoms with Crippen molar-refractivity contribution in [2.75, 3.05) is 0 Å². The molecule has 1 heterocycles. The third-order valence-electron chi connectivity index (χ3n) is 3.64. The highest BCUT2D eigenvalue weighted by atomic mass is 19.4. The minimum atomic E-state index is -5.03. The SMILES string of the molecule is O=[N+]([O-])c1cccc(/C=N/n2c(Oc3cccc(C(F)(F)F)c3)nnc2C(F)(F)F)c1. The Morgan fingerprint density at radius 1 is 1.00 bits per heavy atom. The maximum atomic E-state index is 13.2. The fraction of sp³-hybridized carbons (Fsp3) is 0.118. The Hall–Kier alpha value is -3.97. The van der Waals surface area contributed by atoms with E-state index >= 15 is 0 Å². The van der Waals surface area contributed by atoms with Crippen molar-refractivity contribution in [3.05, 3.63) is 75.6 Å². The first kappa shape index (κ1) is 21.7. The molecular formula is C17H9F6N5O3. The van der Waals surface area contributed by atoms with Gasteiger partial charge in [0.15, 0.2) is 0 Å². The van der Waals surface area contributed by atoms with Crippen molar-refractivity contribution in [1.29, 1.82) is 0 Å². The standard InChI is InChI=1S/C17H9F6N5O3/c18-16(19,20)11-4-2-6-13(8-11)31-15-26-25-14(17(21,22)23)27(15)24-9-10-3-1-5-12(7-10)28(29)30/h1-9H/b24-9+. The summed E-state index contributed by atoms with van der Waals surface area (Å²) in [5, 5.41) is 20.5. The molecule has 3 rings (SSSR count). The number of nitrogens with zero attached hydrogens (tertiary/aromatic N) is 5. The Balaban J connectivity index is 1.99. The van der Waals surface area contributed by atoms with Gasteiger partial charge in [-0.25, -0.2) is 0 Å². The molecule has 0 saturated carbocycles. The molecule has 0 spiro atoms. The molecular weight excluding hydrogens is 436 g/mol. The molecule has 0 radical (unpaired) electrons. The topological polar surface area (TPSA) is 95.4 Å². The fourth-order valence-electron chi connectivity index (χ4n) is 2.29. The number of benzene rings is 2. The molecule has 0 fully saturated rings. The van der Waals surface area contributed by atoms with Crippen molar-refractivity contribution >= 4 is 11.9 Å². The molecule has 3 aromatic rings. The third kappa shape index (κ3) is 5.15. The first-order chi connectivity index (χ1) is 14.4. The number of halogens is 6. The van der Waals surface area contributed by atoms with E-state index in [0.717, 1.165) is 30.5 Å². The minimum Gasteiger partial charge on any atom is -0.423 e. The number of rotatable bonds is 5. The summed E-state index contributed by atoms with van der Waals surface area (Å²) in [7, 11) is 0. The monoisotopic (exact) mass is 445 g/mol. The van der Waals surface area contributed by atoms with Crippen LogP contribution in [0.1, 0.15) is 17.0 Å². The van der Waals surface area contributed by atoms with E-state index in [4.69, 9.17) is 4.74 Å². The zero-order valence-corrected chi connectivity index (χ0v) is 14.9. The highest BCUT2D eigenvalue weighted by Gasteiger charge is 2.39. The lowest BCUT2D eigenvalue weighted by Gasteiger charge is -2.10. The number of hydrogen-bond donors (Lipinski definition) is 0. The van der Waals surface area contributed by atoms with E-state index in [1.165, 1.54) is 18.2 Å². The smallest absolute Gasteiger partial charge is 0.423 e. The molecule has 162 valence electrons. The van der Waals surface area contributed by atoms with Gasteiger partial charge in [-0.3, -0.25) is 10.1 Å². The molecule has 0 saturated heterocycles. The van der Waals surface area contributed by atoms with Gasteiger partial charge in [0.1, 0.15) is 5.75 Å². The van der Waals surface area contributed by atoms with Crippen molar-refractivity contribution in [3.8, 4) is 11.8 Å². The van der Waals surface area contributed by atoms with Crippen LogP contribution < -0.4 is 4.74 Å². The molecule has 0 bridgehead atoms. The molecule has 0 aliphatic heterocycles. The van der Waals surface area contributed by atoms with Crippen LogP contribution in [0.25, 0.3) is 0 Å². The van der Waals surface area contributed by atoms with Crippen molar-refractivity contribution in [2.45, 2.75) is 12.4 Å². The largest absolute Gasteiger partial charge is 0.453 e. The summed E-state index contributed by atoms with van der Waals surface area (Å²) >= 11 is 0. The molecule has 0 atom stereocenters. The molecule has 1 aromatic heterocycles. The predicted molar refractivity (Wildman–Crippen MR) is 92.6 cm³/mol. The van der Waals surface area contributed by atoms with Gasteiger partial charge in [-0.05, 0) is 18.2 Å². The minimum absolute atomic E-state index is 0.0704. The van der Waals surface area contributed by atoms with Crippen molar-refractivity contribution in [1.82, 2.24) is 14.9 Å². The second-order valence-corrected chi connectivity index (χ2v) is 5.84. The number of aromatic nitrogens is 3. The normalized spacial score (nSPS) is 12.3. The number of non-ortho nitro benzene ring substituents is 1. The number of ether oxygens (including phenoxy) is 1. The van der Waals surface area contributed by atoms with Crippen LogP contribution in [0.2, 0.25) is 0 Å². The van der Waals surface area contributed by atoms with Gasteiger partial charge in [0.2, 0.25) is 0 Å². The van der Waals surface area contributed by atoms with E-state index < -0.39 is 40.4 Å². The highest BCUT2D eigenvalue weighted by molar-refractivity contribution is 5.80. The Kier molecular flexibility index (Phi) is 5.64. The van der Waals surface area contributed by atoms with E-state index in [9.17, 15) is 36.5 Å². The van der Waals surface area contributed by atoms with Crippen LogP contribution in [0.5, 0.6) is 11.8 Å². The number of nitro groups is 1. The molecule has 0 unspecified atom stereocenters. The Labute approximate surface area is 168 Å². The van der Waals surface area contributed by atoms with Crippen LogP contribution in [0, 0.1) is 10.1 Å². The summed E-state index contributed by atoms with van der Waals surface area (Å²) in [6.45, 7) is 0. The molecule has 8 nitrogen and oxygen atoms in total. The van der Waals surface area contributed by atoms with E-state index in [-0.39, 0.29) is 15.9 Å². The Morgan fingerprint density at radius 3 is 2.35 bits per heavy atom. The Morgan fingerprint density at radius 2 is 1.71 bits per heavy atom. The van der Waals surface area contributed by atoms with Crippen LogP contribution in [-0.4, -0.2) is 26.0 Å². The van der Waals surface area contributed by atoms with Gasteiger partial charge in [0.05, 0.1) is 16.7 Å². The fourth-order valence-corrected chi connectivity index (χ4v) is 2.29. The van der Waals surface area contributed by atoms with E-state index in [1.807, 2.05) is 0 Å². The maximum absolute atomic E-state index is 13.2. The number of nitro benzene ring substituents is 1. The molecule has 0 aliphatic carbocycles. The Bertz CT molecular complexity index is 1140. The lowest BCUT2D eigenvalue weighted by Crippen LogP contribution is -2.13. The van der Waals surface area contributed by atoms with Crippen LogP contribution in [0.15, 0.2) is 53.6 Å². The average Bonchev–Trinajstić information content (AvgIpc) is 3.09. The maximum Gasteiger partial charge on any atom is 0.453 e. The van der Waals surface area contributed by atoms with E-state index in [1.54, 1.807) is 0 Å². The summed E-state index contributed by atoms with van der Waals surface area (Å²) in [6.07, 6.45) is -8.88.